The lowest BCUT2D eigenvalue weighted by Crippen LogP contribution is -2.17. The zero-order valence-corrected chi connectivity index (χ0v) is 12.7. The van der Waals surface area contributed by atoms with Gasteiger partial charge in [0.05, 0.1) is 0 Å². The molecule has 0 radical (unpaired) electrons. The van der Waals surface area contributed by atoms with Crippen molar-refractivity contribution in [1.82, 2.24) is 25.3 Å². The van der Waals surface area contributed by atoms with Crippen molar-refractivity contribution in [3.05, 3.63) is 71.8 Å². The van der Waals surface area contributed by atoms with Crippen molar-refractivity contribution >= 4 is 0 Å². The van der Waals surface area contributed by atoms with Gasteiger partial charge < -0.3 is 0 Å². The Morgan fingerprint density at radius 3 is 1.91 bits per heavy atom. The van der Waals surface area contributed by atoms with E-state index in [1.54, 1.807) is 0 Å². The minimum atomic E-state index is -0.209. The van der Waals surface area contributed by atoms with Crippen LogP contribution in [0.25, 0.3) is 11.4 Å². The van der Waals surface area contributed by atoms with Gasteiger partial charge in [-0.1, -0.05) is 36.4 Å². The molecule has 0 saturated carbocycles. The highest BCUT2D eigenvalue weighted by molar-refractivity contribution is 5.53. The van der Waals surface area contributed by atoms with Crippen LogP contribution in [0, 0.1) is 5.82 Å². The second-order valence-electron chi connectivity index (χ2n) is 5.37. The maximum absolute atomic E-state index is 12.9. The van der Waals surface area contributed by atoms with Crippen LogP contribution in [0.5, 0.6) is 0 Å². The van der Waals surface area contributed by atoms with Crippen LogP contribution in [0.15, 0.2) is 54.9 Å². The molecule has 6 heteroatoms. The fourth-order valence-electron chi connectivity index (χ4n) is 2.35. The largest absolute Gasteiger partial charge is 0.298 e. The predicted octanol–water partition coefficient (Wildman–Crippen LogP) is 2.70. The summed E-state index contributed by atoms with van der Waals surface area (Å²) in [6, 6.07) is 14.6. The molecule has 0 N–H and O–H groups in total. The molecular weight excluding hydrogens is 292 g/mol. The van der Waals surface area contributed by atoms with Crippen LogP contribution >= 0.6 is 0 Å². The van der Waals surface area contributed by atoms with Crippen LogP contribution in [0.2, 0.25) is 0 Å². The van der Waals surface area contributed by atoms with Crippen LogP contribution in [0.4, 0.5) is 4.39 Å². The first-order valence-electron chi connectivity index (χ1n) is 7.23. The van der Waals surface area contributed by atoms with Gasteiger partial charge in [0.15, 0.2) is 6.33 Å². The van der Waals surface area contributed by atoms with E-state index in [9.17, 15) is 4.39 Å². The van der Waals surface area contributed by atoms with E-state index in [0.717, 1.165) is 24.2 Å². The summed E-state index contributed by atoms with van der Waals surface area (Å²) in [6.07, 6.45) is 1.31. The molecule has 3 rings (SSSR count). The summed E-state index contributed by atoms with van der Waals surface area (Å²) in [5, 5.41) is 15.3. The van der Waals surface area contributed by atoms with Crippen molar-refractivity contribution in [1.29, 1.82) is 0 Å². The standard InChI is InChI=1S/C17H16FN5/c1-23(11-14-4-8-16(18)9-5-14)10-13-2-6-15(7-3-13)17-21-19-12-20-22-17/h2-9,12H,10-11H2,1H3/i18-1. The van der Waals surface area contributed by atoms with Crippen molar-refractivity contribution < 1.29 is 4.39 Å². The molecule has 3 aromatic rings. The predicted molar refractivity (Wildman–Crippen MR) is 84.6 cm³/mol. The van der Waals surface area contributed by atoms with Crippen LogP contribution in [0.3, 0.4) is 0 Å². The van der Waals surface area contributed by atoms with E-state index in [2.05, 4.69) is 25.3 Å². The average Bonchev–Trinajstić information content (AvgIpc) is 2.58. The third kappa shape index (κ3) is 4.14. The molecule has 0 unspecified atom stereocenters. The summed E-state index contributed by atoms with van der Waals surface area (Å²) < 4.78 is 12.9. The minimum absolute atomic E-state index is 0.209. The van der Waals surface area contributed by atoms with Crippen molar-refractivity contribution in [3.8, 4) is 11.4 Å². The SMILES string of the molecule is CN(Cc1ccc([18F])cc1)Cc1ccc(-c2nncnn2)cc1. The Morgan fingerprint density at radius 2 is 1.35 bits per heavy atom. The Labute approximate surface area is 133 Å². The Bertz CT molecular complexity index is 744. The Kier molecular flexibility index (Phi) is 4.63. The van der Waals surface area contributed by atoms with Crippen molar-refractivity contribution in [2.24, 2.45) is 0 Å². The first-order valence-corrected chi connectivity index (χ1v) is 7.23. The Balaban J connectivity index is 1.62. The fraction of sp³-hybridized carbons (Fsp3) is 0.176. The lowest BCUT2D eigenvalue weighted by atomic mass is 10.1. The molecule has 0 saturated heterocycles. The van der Waals surface area contributed by atoms with E-state index < -0.39 is 0 Å². The highest BCUT2D eigenvalue weighted by Gasteiger charge is 2.05. The Hall–Kier alpha value is -2.73. The molecule has 2 aromatic carbocycles. The average molecular weight is 308 g/mol. The zero-order valence-electron chi connectivity index (χ0n) is 12.7. The van der Waals surface area contributed by atoms with Crippen molar-refractivity contribution in [2.75, 3.05) is 7.05 Å². The normalized spacial score (nSPS) is 10.9. The molecular formula is C17H16FN5. The van der Waals surface area contributed by atoms with Crippen molar-refractivity contribution in [3.63, 3.8) is 0 Å². The van der Waals surface area contributed by atoms with Crippen LogP contribution in [0.1, 0.15) is 11.1 Å². The van der Waals surface area contributed by atoms with Crippen LogP contribution < -0.4 is 0 Å². The molecule has 0 bridgehead atoms. The second kappa shape index (κ2) is 7.02. The topological polar surface area (TPSA) is 54.8 Å². The van der Waals surface area contributed by atoms with Crippen LogP contribution in [-0.2, 0) is 13.1 Å². The summed E-state index contributed by atoms with van der Waals surface area (Å²) in [6.45, 7) is 1.56. The van der Waals surface area contributed by atoms with E-state index in [-0.39, 0.29) is 5.82 Å². The third-order valence-corrected chi connectivity index (χ3v) is 3.44. The third-order valence-electron chi connectivity index (χ3n) is 3.44. The maximum atomic E-state index is 12.9. The van der Waals surface area contributed by atoms with E-state index in [1.165, 1.54) is 24.0 Å². The van der Waals surface area contributed by atoms with Gasteiger partial charge in [0, 0.05) is 18.7 Å². The Morgan fingerprint density at radius 1 is 0.826 bits per heavy atom. The molecule has 0 aliphatic carbocycles. The summed E-state index contributed by atoms with van der Waals surface area (Å²) in [7, 11) is 2.03. The van der Waals surface area contributed by atoms with Gasteiger partial charge >= 0.3 is 0 Å². The summed E-state index contributed by atoms with van der Waals surface area (Å²) in [5.41, 5.74) is 3.14. The first kappa shape index (κ1) is 15.2. The number of halogens is 1. The summed E-state index contributed by atoms with van der Waals surface area (Å²) in [5.74, 6) is 0.304. The quantitative estimate of drug-likeness (QED) is 0.725. The molecule has 0 aliphatic heterocycles. The monoisotopic (exact) mass is 308 g/mol. The van der Waals surface area contributed by atoms with E-state index in [0.29, 0.717) is 5.82 Å². The second-order valence-corrected chi connectivity index (χ2v) is 5.37. The molecule has 0 atom stereocenters. The highest BCUT2D eigenvalue weighted by atomic mass is 18.2. The lowest BCUT2D eigenvalue weighted by molar-refractivity contribution is 0.319. The van der Waals surface area contributed by atoms with Gasteiger partial charge in [-0.2, -0.15) is 0 Å². The minimum Gasteiger partial charge on any atom is -0.298 e. The molecule has 23 heavy (non-hydrogen) atoms. The number of nitrogens with zero attached hydrogens (tertiary/aromatic N) is 5. The molecule has 5 nitrogen and oxygen atoms in total. The summed E-state index contributed by atoms with van der Waals surface area (Å²) in [4.78, 5) is 2.17. The van der Waals surface area contributed by atoms with Crippen LogP contribution in [-0.4, -0.2) is 32.3 Å². The number of rotatable bonds is 5. The maximum Gasteiger partial charge on any atom is 0.203 e. The number of aromatic nitrogens is 4. The van der Waals surface area contributed by atoms with Gasteiger partial charge in [0.1, 0.15) is 5.82 Å². The number of hydrogen-bond acceptors (Lipinski definition) is 5. The van der Waals surface area contributed by atoms with E-state index >= 15 is 0 Å². The molecule has 0 fully saturated rings. The lowest BCUT2D eigenvalue weighted by Gasteiger charge is -2.17. The zero-order chi connectivity index (χ0) is 16.1. The molecule has 0 amide bonds. The molecule has 1 aromatic heterocycles. The van der Waals surface area contributed by atoms with Gasteiger partial charge in [-0.25, -0.2) is 4.39 Å². The van der Waals surface area contributed by atoms with Crippen molar-refractivity contribution in [2.45, 2.75) is 13.1 Å². The molecule has 1 heterocycles. The smallest absolute Gasteiger partial charge is 0.203 e. The molecule has 116 valence electrons. The number of benzene rings is 2. The van der Waals surface area contributed by atoms with Gasteiger partial charge in [0.25, 0.3) is 0 Å². The number of hydrogen-bond donors (Lipinski definition) is 0. The van der Waals surface area contributed by atoms with Gasteiger partial charge in [-0.15, -0.1) is 20.4 Å². The molecule has 0 aliphatic rings. The van der Waals surface area contributed by atoms with Gasteiger partial charge in [-0.3, -0.25) is 4.90 Å². The highest BCUT2D eigenvalue weighted by Crippen LogP contribution is 2.15. The van der Waals surface area contributed by atoms with Gasteiger partial charge in [0.2, 0.25) is 5.82 Å². The first-order chi connectivity index (χ1) is 11.2. The fourth-order valence-corrected chi connectivity index (χ4v) is 2.35. The van der Waals surface area contributed by atoms with Gasteiger partial charge in [-0.05, 0) is 30.3 Å². The summed E-state index contributed by atoms with van der Waals surface area (Å²) >= 11 is 0. The van der Waals surface area contributed by atoms with E-state index in [4.69, 9.17) is 0 Å². The molecule has 0 spiro atoms. The van der Waals surface area contributed by atoms with E-state index in [1.807, 2.05) is 43.4 Å².